The second kappa shape index (κ2) is 8.98. The van der Waals surface area contributed by atoms with Gasteiger partial charge in [-0.2, -0.15) is 0 Å². The third-order valence-corrected chi connectivity index (χ3v) is 7.89. The smallest absolute Gasteiger partial charge is 0.242 e. The van der Waals surface area contributed by atoms with Crippen LogP contribution in [0.25, 0.3) is 22.3 Å². The number of carbonyl (C=O) groups excluding carboxylic acids is 1. The maximum atomic E-state index is 12.4. The van der Waals surface area contributed by atoms with Crippen LogP contribution in [0.1, 0.15) is 31.7 Å². The van der Waals surface area contributed by atoms with E-state index in [1.54, 1.807) is 18.2 Å². The van der Waals surface area contributed by atoms with Gasteiger partial charge in [-0.05, 0) is 64.5 Å². The lowest BCUT2D eigenvalue weighted by atomic mass is 10.0. The van der Waals surface area contributed by atoms with Crippen molar-refractivity contribution in [2.24, 2.45) is 16.6 Å². The van der Waals surface area contributed by atoms with Crippen molar-refractivity contribution in [3.8, 4) is 11.3 Å². The number of nitrogens with two attached hydrogens (primary N) is 1. The van der Waals surface area contributed by atoms with E-state index in [9.17, 15) is 13.2 Å². The predicted octanol–water partition coefficient (Wildman–Crippen LogP) is 4.49. The number of amidine groups is 1. The molecule has 1 fully saturated rings. The van der Waals surface area contributed by atoms with Crippen LogP contribution in [0.15, 0.2) is 56.3 Å². The number of primary amides is 1. The fourth-order valence-corrected chi connectivity index (χ4v) is 6.00. The van der Waals surface area contributed by atoms with E-state index < -0.39 is 16.1 Å². The Bertz CT molecular complexity index is 1440. The minimum Gasteiger partial charge on any atom is -0.455 e. The molecule has 2 atom stereocenters. The molecule has 5 rings (SSSR count). The third-order valence-electron chi connectivity index (χ3n) is 6.51. The molecule has 0 spiro atoms. The van der Waals surface area contributed by atoms with E-state index in [1.165, 1.54) is 0 Å². The summed E-state index contributed by atoms with van der Waals surface area (Å²) < 4.78 is 33.1. The molecule has 35 heavy (non-hydrogen) atoms. The lowest BCUT2D eigenvalue weighted by Gasteiger charge is -2.28. The normalized spacial score (nSPS) is 20.3. The van der Waals surface area contributed by atoms with Gasteiger partial charge in [0.25, 0.3) is 0 Å². The van der Waals surface area contributed by atoms with Gasteiger partial charge in [-0.1, -0.05) is 25.1 Å². The molecule has 2 heterocycles. The Balaban J connectivity index is 1.49. The van der Waals surface area contributed by atoms with Gasteiger partial charge in [0.1, 0.15) is 17.5 Å². The van der Waals surface area contributed by atoms with E-state index in [4.69, 9.17) is 15.1 Å². The van der Waals surface area contributed by atoms with Crippen LogP contribution in [0.3, 0.4) is 0 Å². The maximum absolute atomic E-state index is 12.4. The zero-order valence-electron chi connectivity index (χ0n) is 19.5. The Morgan fingerprint density at radius 3 is 2.66 bits per heavy atom. The summed E-state index contributed by atoms with van der Waals surface area (Å²) in [4.78, 5) is 19.3. The largest absolute Gasteiger partial charge is 0.455 e. The van der Waals surface area contributed by atoms with Crippen LogP contribution in [0.2, 0.25) is 0 Å². The molecule has 184 valence electrons. The number of halogens is 1. The van der Waals surface area contributed by atoms with Crippen molar-refractivity contribution in [1.29, 1.82) is 0 Å². The minimum atomic E-state index is -3.46. The molecule has 2 unspecified atom stereocenters. The van der Waals surface area contributed by atoms with E-state index in [-0.39, 0.29) is 11.9 Å². The van der Waals surface area contributed by atoms with Gasteiger partial charge in [0.2, 0.25) is 15.9 Å². The molecule has 1 aromatic heterocycles. The first kappa shape index (κ1) is 23.9. The number of nitrogens with zero attached hydrogens (tertiary/aromatic N) is 2. The molecule has 1 aliphatic heterocycles. The molecule has 8 nitrogen and oxygen atoms in total. The highest BCUT2D eigenvalue weighted by molar-refractivity contribution is 9.10. The quantitative estimate of drug-likeness (QED) is 0.422. The highest BCUT2D eigenvalue weighted by atomic mass is 79.9. The van der Waals surface area contributed by atoms with E-state index >= 15 is 0 Å². The summed E-state index contributed by atoms with van der Waals surface area (Å²) in [6.07, 6.45) is 4.03. The predicted molar refractivity (Wildman–Crippen MR) is 141 cm³/mol. The second-order valence-electron chi connectivity index (χ2n) is 9.20. The number of sulfonamides is 1. The molecule has 1 amide bonds. The second-order valence-corrected chi connectivity index (χ2v) is 11.7. The molecule has 0 bridgehead atoms. The summed E-state index contributed by atoms with van der Waals surface area (Å²) in [6.45, 7) is 2.56. The van der Waals surface area contributed by atoms with Gasteiger partial charge < -0.3 is 15.1 Å². The summed E-state index contributed by atoms with van der Waals surface area (Å²) in [5.41, 5.74) is 8.56. The number of hydrogen-bond donors (Lipinski definition) is 2. The van der Waals surface area contributed by atoms with Gasteiger partial charge >= 0.3 is 0 Å². The topological polar surface area (TPSA) is 118 Å². The summed E-state index contributed by atoms with van der Waals surface area (Å²) in [5.74, 6) is 1.55. The zero-order valence-corrected chi connectivity index (χ0v) is 21.9. The molecule has 1 saturated carbocycles. The lowest BCUT2D eigenvalue weighted by molar-refractivity contribution is -0.122. The Hall–Kier alpha value is -2.85. The summed E-state index contributed by atoms with van der Waals surface area (Å²) in [7, 11) is -3.46. The molecular formula is C25H27BrN4O4S. The number of fused-ring (bicyclic) bond motifs is 1. The van der Waals surface area contributed by atoms with Crippen molar-refractivity contribution in [3.05, 3.63) is 52.5 Å². The maximum Gasteiger partial charge on any atom is 0.242 e. The molecule has 2 aliphatic rings. The van der Waals surface area contributed by atoms with E-state index in [1.807, 2.05) is 36.1 Å². The van der Waals surface area contributed by atoms with Crippen LogP contribution in [0.4, 0.5) is 5.69 Å². The van der Waals surface area contributed by atoms with Crippen molar-refractivity contribution in [2.45, 2.75) is 44.8 Å². The first-order valence-corrected chi connectivity index (χ1v) is 14.3. The zero-order chi connectivity index (χ0) is 24.9. The van der Waals surface area contributed by atoms with Crippen molar-refractivity contribution < 1.29 is 17.6 Å². The van der Waals surface area contributed by atoms with Crippen molar-refractivity contribution >= 4 is 54.4 Å². The van der Waals surface area contributed by atoms with Crippen LogP contribution in [0, 0.1) is 5.92 Å². The Labute approximate surface area is 212 Å². The average molecular weight is 559 g/mol. The van der Waals surface area contributed by atoms with Crippen molar-refractivity contribution in [2.75, 3.05) is 11.0 Å². The molecule has 1 aliphatic carbocycles. The number of carbonyl (C=O) groups is 1. The Morgan fingerprint density at radius 2 is 2.00 bits per heavy atom. The minimum absolute atomic E-state index is 0.0581. The fourth-order valence-electron chi connectivity index (χ4n) is 4.82. The number of anilines is 1. The number of benzene rings is 2. The molecule has 2 aromatic carbocycles. The number of furan rings is 1. The lowest BCUT2D eigenvalue weighted by Crippen LogP contribution is -2.48. The highest BCUT2D eigenvalue weighted by Gasteiger charge is 2.46. The third kappa shape index (κ3) is 4.69. The fraction of sp³-hybridized carbons (Fsp3) is 0.360. The number of hydrogen-bond acceptors (Lipinski definition) is 6. The van der Waals surface area contributed by atoms with Crippen LogP contribution in [-0.2, 0) is 21.4 Å². The summed E-state index contributed by atoms with van der Waals surface area (Å²) in [5, 5.41) is 0.857. The van der Waals surface area contributed by atoms with Gasteiger partial charge in [0.05, 0.1) is 22.5 Å². The van der Waals surface area contributed by atoms with Gasteiger partial charge in [-0.25, -0.2) is 8.42 Å². The standard InChI is InChI=1S/C25H27BrN4O4S/c1-3-20-28-22(15-9-10-15)23(25(27)31)30(20)13-14-8-11-19-17(12-14)21(26)24(34-19)16-6-4-5-7-18(16)29-35(2,32)33/h4-8,11-12,15,22-23,29H,3,9-10,13H2,1-2H3,(H2,27,31). The Morgan fingerprint density at radius 1 is 1.26 bits per heavy atom. The monoisotopic (exact) mass is 558 g/mol. The van der Waals surface area contributed by atoms with Crippen molar-refractivity contribution in [3.63, 3.8) is 0 Å². The summed E-state index contributed by atoms with van der Waals surface area (Å²) >= 11 is 3.66. The number of nitrogens with one attached hydrogen (secondary N) is 1. The molecular weight excluding hydrogens is 532 g/mol. The van der Waals surface area contributed by atoms with Gasteiger partial charge in [0.15, 0.2) is 5.76 Å². The molecule has 10 heteroatoms. The van der Waals surface area contributed by atoms with E-state index in [0.29, 0.717) is 35.1 Å². The van der Waals surface area contributed by atoms with Gasteiger partial charge in [0, 0.05) is 23.9 Å². The number of amides is 1. The molecule has 0 saturated heterocycles. The highest BCUT2D eigenvalue weighted by Crippen LogP contribution is 2.42. The van der Waals surface area contributed by atoms with Crippen LogP contribution >= 0.6 is 15.9 Å². The van der Waals surface area contributed by atoms with Crippen LogP contribution in [-0.4, -0.2) is 43.4 Å². The molecule has 3 aromatic rings. The Kier molecular flexibility index (Phi) is 6.13. The number of rotatable bonds is 8. The number of para-hydroxylation sites is 1. The summed E-state index contributed by atoms with van der Waals surface area (Å²) in [6, 6.07) is 12.5. The average Bonchev–Trinajstić information content (AvgIpc) is 3.51. The molecule has 3 N–H and O–H groups in total. The van der Waals surface area contributed by atoms with E-state index in [0.717, 1.165) is 46.8 Å². The first-order valence-electron chi connectivity index (χ1n) is 11.6. The van der Waals surface area contributed by atoms with Gasteiger partial charge in [-0.3, -0.25) is 14.5 Å². The molecule has 0 radical (unpaired) electrons. The van der Waals surface area contributed by atoms with E-state index in [2.05, 4.69) is 20.7 Å². The first-order chi connectivity index (χ1) is 16.7. The SMILES string of the molecule is CCC1=NC(C2CC2)C(C(N)=O)N1Cc1ccc2oc(-c3ccccc3NS(C)(=O)=O)c(Br)c2c1. The van der Waals surface area contributed by atoms with Crippen LogP contribution < -0.4 is 10.5 Å². The van der Waals surface area contributed by atoms with Gasteiger partial charge in [-0.15, -0.1) is 0 Å². The van der Waals surface area contributed by atoms with Crippen molar-refractivity contribution in [1.82, 2.24) is 4.90 Å². The van der Waals surface area contributed by atoms with Crippen LogP contribution in [0.5, 0.6) is 0 Å². The number of aliphatic imine (C=N–C) groups is 1.